The van der Waals surface area contributed by atoms with Crippen molar-refractivity contribution in [2.75, 3.05) is 26.8 Å². The zero-order valence-corrected chi connectivity index (χ0v) is 13.7. The Kier molecular flexibility index (Phi) is 4.32. The highest BCUT2D eigenvalue weighted by molar-refractivity contribution is 7.89. The van der Waals surface area contributed by atoms with Crippen molar-refractivity contribution in [3.63, 3.8) is 0 Å². The molecule has 22 heavy (non-hydrogen) atoms. The van der Waals surface area contributed by atoms with Crippen LogP contribution >= 0.6 is 11.3 Å². The van der Waals surface area contributed by atoms with Crippen LogP contribution in [0.4, 0.5) is 0 Å². The second-order valence-electron chi connectivity index (χ2n) is 4.81. The van der Waals surface area contributed by atoms with E-state index in [0.717, 1.165) is 5.01 Å². The first-order valence-electron chi connectivity index (χ1n) is 6.82. The fourth-order valence-corrected chi connectivity index (χ4v) is 3.91. The second-order valence-corrected chi connectivity index (χ2v) is 7.83. The Hall–Kier alpha value is -1.64. The maximum absolute atomic E-state index is 12.6. The van der Waals surface area contributed by atoms with Crippen molar-refractivity contribution in [2.45, 2.75) is 11.3 Å². The number of hydrogen-bond acceptors (Lipinski definition) is 6. The molecule has 0 saturated carbocycles. The summed E-state index contributed by atoms with van der Waals surface area (Å²) in [6.07, 6.45) is 2.31. The van der Waals surface area contributed by atoms with Crippen molar-refractivity contribution in [2.24, 2.45) is 0 Å². The number of rotatable bonds is 5. The molecule has 0 bridgehead atoms. The van der Waals surface area contributed by atoms with E-state index in [1.165, 1.54) is 21.7 Å². The molecule has 3 rings (SSSR count). The number of aromatic nitrogens is 1. The lowest BCUT2D eigenvalue weighted by Crippen LogP contribution is -2.29. The summed E-state index contributed by atoms with van der Waals surface area (Å²) in [6.45, 7) is 1.29. The molecule has 2 aromatic rings. The summed E-state index contributed by atoms with van der Waals surface area (Å²) in [5.41, 5.74) is 0. The van der Waals surface area contributed by atoms with Crippen LogP contribution in [-0.2, 0) is 16.4 Å². The smallest absolute Gasteiger partial charge is 0.242 e. The molecule has 2 heterocycles. The van der Waals surface area contributed by atoms with E-state index in [2.05, 4.69) is 4.98 Å². The molecule has 0 amide bonds. The number of benzene rings is 1. The molecular formula is C14H16N2O4S2. The molecule has 0 unspecified atom stereocenters. The molecule has 0 fully saturated rings. The van der Waals surface area contributed by atoms with E-state index < -0.39 is 10.0 Å². The molecule has 0 atom stereocenters. The first kappa shape index (κ1) is 15.3. The van der Waals surface area contributed by atoms with Crippen LogP contribution in [0.3, 0.4) is 0 Å². The fourth-order valence-electron chi connectivity index (χ4n) is 2.11. The highest BCUT2D eigenvalue weighted by Crippen LogP contribution is 2.32. The SMILES string of the molecule is CN(CCc1nccs1)S(=O)(=O)c1ccc2c(c1)OCCO2. The number of ether oxygens (including phenoxy) is 2. The molecule has 0 aliphatic carbocycles. The molecule has 0 saturated heterocycles. The Labute approximate surface area is 133 Å². The predicted molar refractivity (Wildman–Crippen MR) is 83.1 cm³/mol. The zero-order valence-electron chi connectivity index (χ0n) is 12.1. The maximum atomic E-state index is 12.6. The molecule has 1 aromatic heterocycles. The molecule has 8 heteroatoms. The Morgan fingerprint density at radius 1 is 1.27 bits per heavy atom. The zero-order chi connectivity index (χ0) is 15.6. The lowest BCUT2D eigenvalue weighted by molar-refractivity contribution is 0.171. The summed E-state index contributed by atoms with van der Waals surface area (Å²) in [6, 6.07) is 4.70. The Morgan fingerprint density at radius 2 is 2.05 bits per heavy atom. The molecular weight excluding hydrogens is 324 g/mol. The molecule has 1 aliphatic heterocycles. The van der Waals surface area contributed by atoms with E-state index >= 15 is 0 Å². The number of hydrogen-bond donors (Lipinski definition) is 0. The highest BCUT2D eigenvalue weighted by Gasteiger charge is 2.23. The van der Waals surface area contributed by atoms with Crippen LogP contribution in [-0.4, -0.2) is 44.5 Å². The molecule has 118 valence electrons. The predicted octanol–water partition coefficient (Wildman–Crippen LogP) is 1.78. The van der Waals surface area contributed by atoms with E-state index in [4.69, 9.17) is 9.47 Å². The summed E-state index contributed by atoms with van der Waals surface area (Å²) in [4.78, 5) is 4.37. The molecule has 0 N–H and O–H groups in total. The summed E-state index contributed by atoms with van der Waals surface area (Å²) >= 11 is 1.52. The lowest BCUT2D eigenvalue weighted by atomic mass is 10.3. The maximum Gasteiger partial charge on any atom is 0.242 e. The van der Waals surface area contributed by atoms with Crippen LogP contribution in [0.25, 0.3) is 0 Å². The average Bonchev–Trinajstić information content (AvgIpc) is 3.05. The summed E-state index contributed by atoms with van der Waals surface area (Å²) < 4.78 is 37.4. The average molecular weight is 340 g/mol. The molecule has 1 aliphatic rings. The highest BCUT2D eigenvalue weighted by atomic mass is 32.2. The minimum absolute atomic E-state index is 0.207. The standard InChI is InChI=1S/C14H16N2O4S2/c1-16(6-4-14-15-5-9-21-14)22(17,18)11-2-3-12-13(10-11)20-8-7-19-12/h2-3,5,9-10H,4,6-8H2,1H3. The summed E-state index contributed by atoms with van der Waals surface area (Å²) in [5, 5.41) is 2.80. The van der Waals surface area contributed by atoms with Gasteiger partial charge in [0.05, 0.1) is 9.90 Å². The van der Waals surface area contributed by atoms with E-state index in [9.17, 15) is 8.42 Å². The fraction of sp³-hybridized carbons (Fsp3) is 0.357. The van der Waals surface area contributed by atoms with Gasteiger partial charge in [-0.1, -0.05) is 0 Å². The summed E-state index contributed by atoms with van der Waals surface area (Å²) in [5.74, 6) is 1.05. The van der Waals surface area contributed by atoms with Crippen LogP contribution in [0, 0.1) is 0 Å². The van der Waals surface area contributed by atoms with Gasteiger partial charge in [-0.3, -0.25) is 0 Å². The minimum Gasteiger partial charge on any atom is -0.486 e. The topological polar surface area (TPSA) is 68.7 Å². The number of likely N-dealkylation sites (N-methyl/N-ethyl adjacent to an activating group) is 1. The number of fused-ring (bicyclic) bond motifs is 1. The summed E-state index contributed by atoms with van der Waals surface area (Å²) in [7, 11) is -1.98. The Morgan fingerprint density at radius 3 is 2.77 bits per heavy atom. The van der Waals surface area contributed by atoms with Gasteiger partial charge in [-0.05, 0) is 12.1 Å². The molecule has 6 nitrogen and oxygen atoms in total. The van der Waals surface area contributed by atoms with E-state index in [0.29, 0.717) is 37.7 Å². The quantitative estimate of drug-likeness (QED) is 0.830. The van der Waals surface area contributed by atoms with Gasteiger partial charge in [0.1, 0.15) is 13.2 Å². The first-order chi connectivity index (χ1) is 10.6. The largest absolute Gasteiger partial charge is 0.486 e. The van der Waals surface area contributed by atoms with Gasteiger partial charge in [0.15, 0.2) is 11.5 Å². The number of sulfonamides is 1. The van der Waals surface area contributed by atoms with Crippen LogP contribution in [0.1, 0.15) is 5.01 Å². The van der Waals surface area contributed by atoms with Crippen LogP contribution in [0.2, 0.25) is 0 Å². The van der Waals surface area contributed by atoms with Crippen molar-refractivity contribution in [1.29, 1.82) is 0 Å². The minimum atomic E-state index is -3.55. The van der Waals surface area contributed by atoms with E-state index in [1.807, 2.05) is 5.38 Å². The van der Waals surface area contributed by atoms with Gasteiger partial charge in [0.25, 0.3) is 0 Å². The monoisotopic (exact) mass is 340 g/mol. The van der Waals surface area contributed by atoms with E-state index in [-0.39, 0.29) is 4.90 Å². The van der Waals surface area contributed by atoms with Gasteiger partial charge in [-0.25, -0.2) is 17.7 Å². The second kappa shape index (κ2) is 6.23. The van der Waals surface area contributed by atoms with Crippen molar-refractivity contribution < 1.29 is 17.9 Å². The lowest BCUT2D eigenvalue weighted by Gasteiger charge is -2.21. The van der Waals surface area contributed by atoms with Crippen molar-refractivity contribution in [3.8, 4) is 11.5 Å². The first-order valence-corrected chi connectivity index (χ1v) is 9.14. The molecule has 0 spiro atoms. The third kappa shape index (κ3) is 3.08. The third-order valence-electron chi connectivity index (χ3n) is 3.35. The third-order valence-corrected chi connectivity index (χ3v) is 6.04. The van der Waals surface area contributed by atoms with Crippen molar-refractivity contribution in [3.05, 3.63) is 34.8 Å². The van der Waals surface area contributed by atoms with Crippen LogP contribution < -0.4 is 9.47 Å². The van der Waals surface area contributed by atoms with E-state index in [1.54, 1.807) is 25.4 Å². The van der Waals surface area contributed by atoms with Gasteiger partial charge in [-0.15, -0.1) is 11.3 Å². The van der Waals surface area contributed by atoms with Crippen LogP contribution in [0.5, 0.6) is 11.5 Å². The number of nitrogens with zero attached hydrogens (tertiary/aromatic N) is 2. The van der Waals surface area contributed by atoms with Gasteiger partial charge < -0.3 is 9.47 Å². The van der Waals surface area contributed by atoms with Gasteiger partial charge >= 0.3 is 0 Å². The van der Waals surface area contributed by atoms with Gasteiger partial charge in [0.2, 0.25) is 10.0 Å². The van der Waals surface area contributed by atoms with Crippen LogP contribution in [0.15, 0.2) is 34.7 Å². The number of thiazole rings is 1. The normalized spacial score (nSPS) is 14.3. The Balaban J connectivity index is 1.76. The Bertz CT molecular complexity index is 744. The van der Waals surface area contributed by atoms with Gasteiger partial charge in [-0.2, -0.15) is 0 Å². The van der Waals surface area contributed by atoms with Crippen molar-refractivity contribution in [1.82, 2.24) is 9.29 Å². The van der Waals surface area contributed by atoms with Gasteiger partial charge in [0, 0.05) is 37.7 Å². The molecule has 0 radical (unpaired) electrons. The van der Waals surface area contributed by atoms with Crippen molar-refractivity contribution >= 4 is 21.4 Å². The molecule has 1 aromatic carbocycles.